The van der Waals surface area contributed by atoms with E-state index in [1.165, 1.54) is 44.6 Å². The van der Waals surface area contributed by atoms with Crippen molar-refractivity contribution in [2.24, 2.45) is 0 Å². The molecule has 0 saturated heterocycles. The van der Waals surface area contributed by atoms with E-state index < -0.39 is 22.5 Å². The highest BCUT2D eigenvalue weighted by molar-refractivity contribution is 7.89. The first-order chi connectivity index (χ1) is 14.7. The molecule has 2 rings (SSSR count). The summed E-state index contributed by atoms with van der Waals surface area (Å²) in [6.45, 7) is 1.53. The monoisotopic (exact) mass is 449 g/mol. The first-order valence-corrected chi connectivity index (χ1v) is 10.6. The van der Waals surface area contributed by atoms with Crippen LogP contribution < -0.4 is 18.9 Å². The fourth-order valence-corrected chi connectivity index (χ4v) is 3.56. The first-order valence-electron chi connectivity index (χ1n) is 9.14. The van der Waals surface area contributed by atoms with Crippen LogP contribution >= 0.6 is 0 Å². The molecule has 0 aromatic heterocycles. The number of benzene rings is 2. The lowest BCUT2D eigenvalue weighted by Gasteiger charge is -2.14. The van der Waals surface area contributed by atoms with Crippen molar-refractivity contribution in [3.8, 4) is 17.2 Å². The molecule has 0 radical (unpaired) electrons. The summed E-state index contributed by atoms with van der Waals surface area (Å²) >= 11 is 0. The average molecular weight is 449 g/mol. The molecule has 0 aliphatic rings. The number of sulfonamides is 1. The molecule has 9 nitrogen and oxygen atoms in total. The van der Waals surface area contributed by atoms with Gasteiger partial charge in [0.2, 0.25) is 15.8 Å². The number of carboxylic acid groups (broad SMARTS) is 1. The third kappa shape index (κ3) is 6.30. The van der Waals surface area contributed by atoms with E-state index in [0.29, 0.717) is 29.4 Å². The minimum absolute atomic E-state index is 0.143. The van der Waals surface area contributed by atoms with Crippen LogP contribution in [0.3, 0.4) is 0 Å². The number of ether oxygens (including phenoxy) is 3. The van der Waals surface area contributed by atoms with Gasteiger partial charge in [-0.25, -0.2) is 8.42 Å². The number of aliphatic carboxylic acids is 1. The van der Waals surface area contributed by atoms with Gasteiger partial charge in [-0.1, -0.05) is 6.08 Å². The van der Waals surface area contributed by atoms with Gasteiger partial charge in [0, 0.05) is 5.56 Å². The molecule has 166 valence electrons. The van der Waals surface area contributed by atoms with Gasteiger partial charge in [0.25, 0.3) is 0 Å². The molecular formula is C21H23NO8S. The number of ketones is 1. The van der Waals surface area contributed by atoms with Crippen LogP contribution in [-0.4, -0.2) is 52.6 Å². The van der Waals surface area contributed by atoms with Crippen LogP contribution in [0.5, 0.6) is 17.2 Å². The maximum Gasteiger partial charge on any atom is 0.318 e. The van der Waals surface area contributed by atoms with Crippen molar-refractivity contribution < 1.29 is 37.3 Å². The molecule has 0 bridgehead atoms. The van der Waals surface area contributed by atoms with Gasteiger partial charge in [-0.2, -0.15) is 4.72 Å². The number of carbonyl (C=O) groups is 2. The Kier molecular flexibility index (Phi) is 8.17. The lowest BCUT2D eigenvalue weighted by atomic mass is 10.1. The molecule has 0 amide bonds. The van der Waals surface area contributed by atoms with Gasteiger partial charge >= 0.3 is 5.97 Å². The van der Waals surface area contributed by atoms with E-state index in [2.05, 4.69) is 0 Å². The topological polar surface area (TPSA) is 128 Å². The van der Waals surface area contributed by atoms with Crippen LogP contribution in [0, 0.1) is 0 Å². The van der Waals surface area contributed by atoms with Crippen LogP contribution in [0.25, 0.3) is 6.08 Å². The van der Waals surface area contributed by atoms with E-state index in [4.69, 9.17) is 19.3 Å². The second-order valence-electron chi connectivity index (χ2n) is 6.13. The summed E-state index contributed by atoms with van der Waals surface area (Å²) in [6, 6.07) is 8.55. The Morgan fingerprint density at radius 1 is 1.06 bits per heavy atom. The zero-order chi connectivity index (χ0) is 23.0. The summed E-state index contributed by atoms with van der Waals surface area (Å²) in [7, 11) is -0.983. The molecule has 0 heterocycles. The highest BCUT2D eigenvalue weighted by Gasteiger charge is 2.16. The fraction of sp³-hybridized carbons (Fsp3) is 0.238. The third-order valence-electron chi connectivity index (χ3n) is 4.06. The predicted octanol–water partition coefficient (Wildman–Crippen LogP) is 2.36. The van der Waals surface area contributed by atoms with Gasteiger partial charge in [-0.05, 0) is 55.0 Å². The molecule has 0 aliphatic heterocycles. The Morgan fingerprint density at radius 3 is 2.13 bits per heavy atom. The molecule has 0 fully saturated rings. The van der Waals surface area contributed by atoms with Crippen molar-refractivity contribution in [2.75, 3.05) is 27.4 Å². The van der Waals surface area contributed by atoms with Gasteiger partial charge in [0.1, 0.15) is 6.54 Å². The molecule has 2 aromatic carbocycles. The van der Waals surface area contributed by atoms with Gasteiger partial charge in [-0.15, -0.1) is 0 Å². The predicted molar refractivity (Wildman–Crippen MR) is 113 cm³/mol. The number of carbonyl (C=O) groups excluding carboxylic acids is 1. The van der Waals surface area contributed by atoms with Crippen molar-refractivity contribution >= 4 is 27.9 Å². The smallest absolute Gasteiger partial charge is 0.318 e. The molecule has 0 spiro atoms. The summed E-state index contributed by atoms with van der Waals surface area (Å²) in [4.78, 5) is 22.9. The van der Waals surface area contributed by atoms with Crippen LogP contribution in [0.2, 0.25) is 0 Å². The molecule has 0 aliphatic carbocycles. The van der Waals surface area contributed by atoms with E-state index in [-0.39, 0.29) is 16.2 Å². The van der Waals surface area contributed by atoms with Crippen LogP contribution in [0.15, 0.2) is 47.4 Å². The van der Waals surface area contributed by atoms with E-state index in [0.717, 1.165) is 0 Å². The Morgan fingerprint density at radius 2 is 1.65 bits per heavy atom. The number of nitrogens with one attached hydrogen (secondary N) is 1. The third-order valence-corrected chi connectivity index (χ3v) is 5.48. The number of hydrogen-bond acceptors (Lipinski definition) is 7. The van der Waals surface area contributed by atoms with Crippen LogP contribution in [0.1, 0.15) is 22.8 Å². The van der Waals surface area contributed by atoms with Gasteiger partial charge < -0.3 is 19.3 Å². The van der Waals surface area contributed by atoms with Crippen molar-refractivity contribution in [3.05, 3.63) is 53.6 Å². The average Bonchev–Trinajstić information content (AvgIpc) is 2.76. The summed E-state index contributed by atoms with van der Waals surface area (Å²) in [5, 5.41) is 8.60. The summed E-state index contributed by atoms with van der Waals surface area (Å²) in [6.07, 6.45) is 2.91. The van der Waals surface area contributed by atoms with Gasteiger partial charge in [-0.3, -0.25) is 9.59 Å². The Balaban J connectivity index is 2.21. The molecule has 10 heteroatoms. The molecule has 0 saturated carbocycles. The minimum atomic E-state index is -3.98. The molecule has 0 unspecified atom stereocenters. The first kappa shape index (κ1) is 23.9. The number of allylic oxidation sites excluding steroid dienone is 1. The maximum atomic E-state index is 12.5. The van der Waals surface area contributed by atoms with Crippen molar-refractivity contribution in [1.82, 2.24) is 4.72 Å². The highest BCUT2D eigenvalue weighted by Crippen LogP contribution is 2.38. The molecule has 31 heavy (non-hydrogen) atoms. The van der Waals surface area contributed by atoms with E-state index >= 15 is 0 Å². The normalized spacial score (nSPS) is 11.3. The number of carboxylic acids is 1. The highest BCUT2D eigenvalue weighted by atomic mass is 32.2. The second kappa shape index (κ2) is 10.6. The van der Waals surface area contributed by atoms with E-state index in [1.54, 1.807) is 18.2 Å². The summed E-state index contributed by atoms with van der Waals surface area (Å²) in [5.41, 5.74) is 0.904. The van der Waals surface area contributed by atoms with Crippen molar-refractivity contribution in [3.63, 3.8) is 0 Å². The lowest BCUT2D eigenvalue weighted by molar-refractivity contribution is -0.135. The van der Waals surface area contributed by atoms with Gasteiger partial charge in [0.05, 0.1) is 25.7 Å². The Hall–Kier alpha value is -3.37. The minimum Gasteiger partial charge on any atom is -0.493 e. The largest absolute Gasteiger partial charge is 0.493 e. The SMILES string of the molecule is CCOc1c(OC)cc(/C=C/C(=O)c2ccc(S(=O)(=O)NCC(=O)O)cc2)cc1OC. The van der Waals surface area contributed by atoms with Crippen molar-refractivity contribution in [2.45, 2.75) is 11.8 Å². The number of methoxy groups -OCH3 is 2. The summed E-state index contributed by atoms with van der Waals surface area (Å²) < 4.78 is 42.2. The molecule has 0 atom stereocenters. The zero-order valence-corrected chi connectivity index (χ0v) is 18.1. The molecular weight excluding hydrogens is 426 g/mol. The van der Waals surface area contributed by atoms with Crippen molar-refractivity contribution in [1.29, 1.82) is 0 Å². The molecule has 2 aromatic rings. The summed E-state index contributed by atoms with van der Waals surface area (Å²) in [5.74, 6) is -0.282. The Bertz CT molecular complexity index is 1050. The zero-order valence-electron chi connectivity index (χ0n) is 17.2. The van der Waals surface area contributed by atoms with E-state index in [1.807, 2.05) is 11.6 Å². The maximum absolute atomic E-state index is 12.5. The van der Waals surface area contributed by atoms with Gasteiger partial charge in [0.15, 0.2) is 17.3 Å². The fourth-order valence-electron chi connectivity index (χ4n) is 2.59. The Labute approximate surface area is 180 Å². The standard InChI is InChI=1S/C21H23NO8S/c1-4-30-21-18(28-2)11-14(12-19(21)29-3)5-10-17(23)15-6-8-16(9-7-15)31(26,27)22-13-20(24)25/h5-12,22H,4,13H2,1-3H3,(H,24,25)/b10-5+. The van der Waals surface area contributed by atoms with Crippen LogP contribution in [-0.2, 0) is 14.8 Å². The van der Waals surface area contributed by atoms with E-state index in [9.17, 15) is 18.0 Å². The second-order valence-corrected chi connectivity index (χ2v) is 7.89. The van der Waals surface area contributed by atoms with Crippen LogP contribution in [0.4, 0.5) is 0 Å². The quantitative estimate of drug-likeness (QED) is 0.395. The number of rotatable bonds is 11. The lowest BCUT2D eigenvalue weighted by Crippen LogP contribution is -2.29. The molecule has 2 N–H and O–H groups in total. The number of hydrogen-bond donors (Lipinski definition) is 2.